The van der Waals surface area contributed by atoms with Crippen LogP contribution in [0.2, 0.25) is 0 Å². The second-order valence-electron chi connectivity index (χ2n) is 5.64. The molecule has 1 fully saturated rings. The van der Waals surface area contributed by atoms with Crippen LogP contribution in [0.25, 0.3) is 11.0 Å². The summed E-state index contributed by atoms with van der Waals surface area (Å²) in [6.07, 6.45) is 6.37. The third-order valence-corrected chi connectivity index (χ3v) is 4.34. The number of carbonyl (C=O) groups excluding carboxylic acids is 1. The maximum absolute atomic E-state index is 11.6. The Kier molecular flexibility index (Phi) is 3.47. The second-order valence-corrected chi connectivity index (χ2v) is 5.64. The highest BCUT2D eigenvalue weighted by Crippen LogP contribution is 2.28. The maximum atomic E-state index is 11.6. The quantitative estimate of drug-likeness (QED) is 0.806. The molecule has 1 aliphatic rings. The number of benzene rings is 1. The van der Waals surface area contributed by atoms with Gasteiger partial charge in [0.1, 0.15) is 5.82 Å². The van der Waals surface area contributed by atoms with Gasteiger partial charge in [0.25, 0.3) is 0 Å². The first-order chi connectivity index (χ1) is 9.69. The summed E-state index contributed by atoms with van der Waals surface area (Å²) < 4.78 is 6.90. The number of carbonyl (C=O) groups is 1. The molecule has 0 N–H and O–H groups in total. The number of aromatic nitrogens is 2. The topological polar surface area (TPSA) is 44.1 Å². The van der Waals surface area contributed by atoms with E-state index in [0.29, 0.717) is 5.56 Å². The number of fused-ring (bicyclic) bond motifs is 1. The predicted octanol–water partition coefficient (Wildman–Crippen LogP) is 3.09. The van der Waals surface area contributed by atoms with Gasteiger partial charge in [0.05, 0.1) is 23.7 Å². The lowest BCUT2D eigenvalue weighted by molar-refractivity contribution is 0.0601. The lowest BCUT2D eigenvalue weighted by atomic mass is 10.0. The van der Waals surface area contributed by atoms with Crippen LogP contribution in [0.1, 0.15) is 41.9 Å². The Labute approximate surface area is 118 Å². The zero-order chi connectivity index (χ0) is 14.1. The van der Waals surface area contributed by atoms with Crippen molar-refractivity contribution in [3.63, 3.8) is 0 Å². The van der Waals surface area contributed by atoms with Crippen molar-refractivity contribution in [2.75, 3.05) is 7.11 Å². The molecule has 2 aromatic rings. The second kappa shape index (κ2) is 5.27. The highest BCUT2D eigenvalue weighted by molar-refractivity contribution is 5.93. The molecule has 4 nitrogen and oxygen atoms in total. The van der Waals surface area contributed by atoms with Crippen molar-refractivity contribution in [1.29, 1.82) is 0 Å². The number of methoxy groups -OCH3 is 1. The first-order valence-electron chi connectivity index (χ1n) is 7.22. The molecule has 0 aliphatic heterocycles. The molecule has 0 unspecified atom stereocenters. The average molecular weight is 272 g/mol. The summed E-state index contributed by atoms with van der Waals surface area (Å²) in [4.78, 5) is 16.3. The number of hydrogen-bond donors (Lipinski definition) is 0. The Balaban J connectivity index is 1.93. The van der Waals surface area contributed by atoms with Gasteiger partial charge in [-0.15, -0.1) is 0 Å². The molecule has 0 amide bonds. The van der Waals surface area contributed by atoms with Gasteiger partial charge in [-0.2, -0.15) is 0 Å². The van der Waals surface area contributed by atoms with Gasteiger partial charge in [0.2, 0.25) is 0 Å². The van der Waals surface area contributed by atoms with E-state index >= 15 is 0 Å². The lowest BCUT2D eigenvalue weighted by Crippen LogP contribution is -2.05. The Morgan fingerprint density at radius 1 is 1.40 bits per heavy atom. The van der Waals surface area contributed by atoms with Gasteiger partial charge in [0.15, 0.2) is 0 Å². The Bertz CT molecular complexity index is 639. The van der Waals surface area contributed by atoms with Crippen molar-refractivity contribution in [3.05, 3.63) is 29.6 Å². The molecule has 0 atom stereocenters. The van der Waals surface area contributed by atoms with Crippen LogP contribution in [0.15, 0.2) is 18.2 Å². The molecule has 0 saturated heterocycles. The van der Waals surface area contributed by atoms with Crippen LogP contribution in [-0.2, 0) is 18.2 Å². The Hall–Kier alpha value is -1.84. The van der Waals surface area contributed by atoms with Gasteiger partial charge in [-0.25, -0.2) is 9.78 Å². The highest BCUT2D eigenvalue weighted by atomic mass is 16.5. The monoisotopic (exact) mass is 272 g/mol. The van der Waals surface area contributed by atoms with E-state index in [0.717, 1.165) is 29.2 Å². The standard InChI is InChI=1S/C16H20N2O2/c1-18-14-8-7-12(16(19)20-2)10-13(14)17-15(18)9-11-5-3-4-6-11/h7-8,10-11H,3-6,9H2,1-2H3. The summed E-state index contributed by atoms with van der Waals surface area (Å²) >= 11 is 0. The number of esters is 1. The maximum Gasteiger partial charge on any atom is 0.337 e. The minimum atomic E-state index is -0.310. The molecule has 20 heavy (non-hydrogen) atoms. The average Bonchev–Trinajstić information content (AvgIpc) is 3.07. The number of ether oxygens (including phenoxy) is 1. The van der Waals surface area contributed by atoms with E-state index in [-0.39, 0.29) is 5.97 Å². The molecule has 106 valence electrons. The van der Waals surface area contributed by atoms with E-state index in [9.17, 15) is 4.79 Å². The smallest absolute Gasteiger partial charge is 0.337 e. The van der Waals surface area contributed by atoms with E-state index in [1.54, 1.807) is 6.07 Å². The highest BCUT2D eigenvalue weighted by Gasteiger charge is 2.19. The zero-order valence-electron chi connectivity index (χ0n) is 12.1. The molecule has 1 aromatic heterocycles. The molecule has 1 saturated carbocycles. The largest absolute Gasteiger partial charge is 0.465 e. The summed E-state index contributed by atoms with van der Waals surface area (Å²) in [7, 11) is 3.45. The van der Waals surface area contributed by atoms with E-state index in [1.165, 1.54) is 32.8 Å². The molecule has 1 aliphatic carbocycles. The molecule has 1 heterocycles. The van der Waals surface area contributed by atoms with E-state index in [2.05, 4.69) is 11.6 Å². The molecular weight excluding hydrogens is 252 g/mol. The van der Waals surface area contributed by atoms with Crippen LogP contribution in [-0.4, -0.2) is 22.6 Å². The summed E-state index contributed by atoms with van der Waals surface area (Å²) in [6.45, 7) is 0. The number of hydrogen-bond acceptors (Lipinski definition) is 3. The first kappa shape index (κ1) is 13.2. The molecule has 0 spiro atoms. The molecule has 0 bridgehead atoms. The van der Waals surface area contributed by atoms with Crippen LogP contribution < -0.4 is 0 Å². The Morgan fingerprint density at radius 2 is 2.15 bits per heavy atom. The van der Waals surface area contributed by atoms with E-state index < -0.39 is 0 Å². The molecule has 3 rings (SSSR count). The first-order valence-corrected chi connectivity index (χ1v) is 7.22. The van der Waals surface area contributed by atoms with Gasteiger partial charge >= 0.3 is 5.97 Å². The number of aryl methyl sites for hydroxylation is 1. The summed E-state index contributed by atoms with van der Waals surface area (Å²) in [6, 6.07) is 5.57. The normalized spacial score (nSPS) is 15.9. The fourth-order valence-electron chi connectivity index (χ4n) is 3.15. The lowest BCUT2D eigenvalue weighted by Gasteiger charge is -2.08. The van der Waals surface area contributed by atoms with Crippen LogP contribution in [0, 0.1) is 5.92 Å². The number of nitrogens with zero attached hydrogens (tertiary/aromatic N) is 2. The summed E-state index contributed by atoms with van der Waals surface area (Å²) in [5.41, 5.74) is 2.51. The SMILES string of the molecule is COC(=O)c1ccc2c(c1)nc(CC1CCCC1)n2C. The van der Waals surface area contributed by atoms with E-state index in [4.69, 9.17) is 9.72 Å². The van der Waals surface area contributed by atoms with Gasteiger partial charge in [-0.05, 0) is 24.1 Å². The Morgan fingerprint density at radius 3 is 2.85 bits per heavy atom. The molecule has 4 heteroatoms. The molecular formula is C16H20N2O2. The van der Waals surface area contributed by atoms with Crippen LogP contribution in [0.5, 0.6) is 0 Å². The molecule has 1 aromatic carbocycles. The summed E-state index contributed by atoms with van der Waals surface area (Å²) in [5, 5.41) is 0. The minimum absolute atomic E-state index is 0.310. The zero-order valence-corrected chi connectivity index (χ0v) is 12.1. The van der Waals surface area contributed by atoms with Crippen molar-refractivity contribution in [3.8, 4) is 0 Å². The van der Waals surface area contributed by atoms with Crippen LogP contribution in [0.3, 0.4) is 0 Å². The van der Waals surface area contributed by atoms with Gasteiger partial charge in [0, 0.05) is 13.5 Å². The fraction of sp³-hybridized carbons (Fsp3) is 0.500. The van der Waals surface area contributed by atoms with Crippen molar-refractivity contribution < 1.29 is 9.53 Å². The van der Waals surface area contributed by atoms with Gasteiger partial charge in [-0.1, -0.05) is 25.7 Å². The minimum Gasteiger partial charge on any atom is -0.465 e. The van der Waals surface area contributed by atoms with Crippen molar-refractivity contribution in [1.82, 2.24) is 9.55 Å². The summed E-state index contributed by atoms with van der Waals surface area (Å²) in [5.74, 6) is 1.58. The van der Waals surface area contributed by atoms with Gasteiger partial charge in [-0.3, -0.25) is 0 Å². The fourth-order valence-corrected chi connectivity index (χ4v) is 3.15. The van der Waals surface area contributed by atoms with Gasteiger partial charge < -0.3 is 9.30 Å². The third kappa shape index (κ3) is 2.30. The molecule has 0 radical (unpaired) electrons. The van der Waals surface area contributed by atoms with Crippen LogP contribution in [0.4, 0.5) is 0 Å². The predicted molar refractivity (Wildman–Crippen MR) is 77.7 cm³/mol. The van der Waals surface area contributed by atoms with Crippen LogP contribution >= 0.6 is 0 Å². The number of rotatable bonds is 3. The van der Waals surface area contributed by atoms with E-state index in [1.807, 2.05) is 12.1 Å². The van der Waals surface area contributed by atoms with Crippen molar-refractivity contribution >= 4 is 17.0 Å². The third-order valence-electron chi connectivity index (χ3n) is 4.34. The van der Waals surface area contributed by atoms with Crippen molar-refractivity contribution in [2.24, 2.45) is 13.0 Å². The van der Waals surface area contributed by atoms with Crippen molar-refractivity contribution in [2.45, 2.75) is 32.1 Å². The number of imidazole rings is 1.